The number of rotatable bonds is 5. The van der Waals surface area contributed by atoms with Crippen LogP contribution in [0.1, 0.15) is 19.4 Å². The van der Waals surface area contributed by atoms with Gasteiger partial charge in [0.05, 0.1) is 11.3 Å². The second kappa shape index (κ2) is 7.48. The van der Waals surface area contributed by atoms with Crippen molar-refractivity contribution in [3.05, 3.63) is 71.7 Å². The van der Waals surface area contributed by atoms with Crippen LogP contribution < -0.4 is 4.90 Å². The van der Waals surface area contributed by atoms with Gasteiger partial charge >= 0.3 is 0 Å². The van der Waals surface area contributed by atoms with Crippen LogP contribution in [0, 0.1) is 5.82 Å². The number of ketones is 1. The number of para-hydroxylation sites is 1. The Morgan fingerprint density at radius 3 is 2.69 bits per heavy atom. The SMILES string of the molecule is CN1/C(=C\C(=O)CSc2n[nH]c(-c3ccccc3F)n2)C(C)(C)c2ccccc21. The Bertz CT molecular complexity index is 1110. The summed E-state index contributed by atoms with van der Waals surface area (Å²) in [6, 6.07) is 14.6. The normalized spacial score (nSPS) is 16.3. The van der Waals surface area contributed by atoms with E-state index >= 15 is 0 Å². The van der Waals surface area contributed by atoms with Crippen molar-refractivity contribution >= 4 is 23.2 Å². The molecule has 1 aliphatic heterocycles. The maximum atomic E-state index is 13.9. The van der Waals surface area contributed by atoms with Crippen molar-refractivity contribution in [3.8, 4) is 11.4 Å². The van der Waals surface area contributed by atoms with Gasteiger partial charge in [-0.2, -0.15) is 0 Å². The number of carbonyl (C=O) groups excluding carboxylic acids is 1. The van der Waals surface area contributed by atoms with E-state index in [1.54, 1.807) is 24.3 Å². The maximum absolute atomic E-state index is 13.9. The molecule has 1 aromatic heterocycles. The quantitative estimate of drug-likeness (QED) is 0.494. The van der Waals surface area contributed by atoms with Crippen LogP contribution in [0.3, 0.4) is 0 Å². The molecule has 0 radical (unpaired) electrons. The number of benzene rings is 2. The molecule has 0 spiro atoms. The summed E-state index contributed by atoms with van der Waals surface area (Å²) in [5.74, 6) is 0.170. The van der Waals surface area contributed by atoms with Crippen LogP contribution in [0.5, 0.6) is 0 Å². The Labute approximate surface area is 173 Å². The Morgan fingerprint density at radius 1 is 1.21 bits per heavy atom. The van der Waals surface area contributed by atoms with E-state index in [0.29, 0.717) is 16.5 Å². The molecular weight excluding hydrogens is 387 g/mol. The first-order chi connectivity index (χ1) is 13.9. The van der Waals surface area contributed by atoms with Crippen LogP contribution in [-0.2, 0) is 10.2 Å². The number of nitrogens with zero attached hydrogens (tertiary/aromatic N) is 3. The minimum atomic E-state index is -0.368. The lowest BCUT2D eigenvalue weighted by molar-refractivity contribution is -0.112. The van der Waals surface area contributed by atoms with Gasteiger partial charge < -0.3 is 4.90 Å². The highest BCUT2D eigenvalue weighted by Gasteiger charge is 2.38. The average Bonchev–Trinajstić information content (AvgIpc) is 3.25. The van der Waals surface area contributed by atoms with Crippen LogP contribution in [-0.4, -0.2) is 33.8 Å². The monoisotopic (exact) mass is 408 g/mol. The van der Waals surface area contributed by atoms with Gasteiger partial charge in [0.25, 0.3) is 0 Å². The van der Waals surface area contributed by atoms with Crippen molar-refractivity contribution in [2.45, 2.75) is 24.4 Å². The van der Waals surface area contributed by atoms with Gasteiger partial charge in [0.15, 0.2) is 11.6 Å². The minimum absolute atomic E-state index is 0.0185. The molecule has 148 valence electrons. The van der Waals surface area contributed by atoms with Crippen molar-refractivity contribution in [2.75, 3.05) is 17.7 Å². The van der Waals surface area contributed by atoms with Gasteiger partial charge in [0.1, 0.15) is 5.82 Å². The topological polar surface area (TPSA) is 61.9 Å². The first kappa shape index (κ1) is 19.4. The highest BCUT2D eigenvalue weighted by Crippen LogP contribution is 2.46. The number of anilines is 1. The second-order valence-corrected chi connectivity index (χ2v) is 8.37. The standard InChI is InChI=1S/C22H21FN4OS/c1-22(2)16-9-5-7-11-18(16)27(3)19(22)12-14(28)13-29-21-24-20(25-26-21)15-8-4-6-10-17(15)23/h4-12H,13H2,1-3H3,(H,24,25,26)/b19-12-. The molecule has 0 bridgehead atoms. The number of allylic oxidation sites excluding steroid dienone is 2. The van der Waals surface area contributed by atoms with E-state index in [4.69, 9.17) is 0 Å². The molecule has 0 unspecified atom stereocenters. The summed E-state index contributed by atoms with van der Waals surface area (Å²) in [6.07, 6.45) is 1.71. The number of hydrogen-bond donors (Lipinski definition) is 1. The highest BCUT2D eigenvalue weighted by atomic mass is 32.2. The summed E-state index contributed by atoms with van der Waals surface area (Å²) >= 11 is 1.23. The Balaban J connectivity index is 1.47. The number of nitrogens with one attached hydrogen (secondary N) is 1. The number of aromatic nitrogens is 3. The van der Waals surface area contributed by atoms with Crippen molar-refractivity contribution in [2.24, 2.45) is 0 Å². The molecule has 5 nitrogen and oxygen atoms in total. The molecule has 3 aromatic rings. The Kier molecular flexibility index (Phi) is 5.00. The lowest BCUT2D eigenvalue weighted by Crippen LogP contribution is -2.24. The number of thioether (sulfide) groups is 1. The molecule has 0 atom stereocenters. The van der Waals surface area contributed by atoms with Gasteiger partial charge in [0, 0.05) is 29.9 Å². The van der Waals surface area contributed by atoms with E-state index in [-0.39, 0.29) is 22.8 Å². The van der Waals surface area contributed by atoms with Crippen LogP contribution >= 0.6 is 11.8 Å². The molecular formula is C22H21FN4OS. The lowest BCUT2D eigenvalue weighted by atomic mass is 9.83. The van der Waals surface area contributed by atoms with Gasteiger partial charge in [-0.25, -0.2) is 9.37 Å². The molecule has 2 aromatic carbocycles. The van der Waals surface area contributed by atoms with Crippen molar-refractivity contribution in [1.82, 2.24) is 15.2 Å². The Hall–Kier alpha value is -2.93. The lowest BCUT2D eigenvalue weighted by Gasteiger charge is -2.23. The summed E-state index contributed by atoms with van der Waals surface area (Å²) in [5, 5.41) is 7.24. The third kappa shape index (κ3) is 3.58. The van der Waals surface area contributed by atoms with Gasteiger partial charge in [-0.3, -0.25) is 9.89 Å². The van der Waals surface area contributed by atoms with Crippen LogP contribution in [0.2, 0.25) is 0 Å². The predicted molar refractivity (Wildman–Crippen MR) is 113 cm³/mol. The molecule has 0 saturated carbocycles. The number of aromatic amines is 1. The zero-order valence-corrected chi connectivity index (χ0v) is 17.3. The molecule has 0 aliphatic carbocycles. The third-order valence-corrected chi connectivity index (χ3v) is 6.05. The molecule has 1 aliphatic rings. The largest absolute Gasteiger partial charge is 0.347 e. The van der Waals surface area contributed by atoms with E-state index in [1.165, 1.54) is 23.4 Å². The fourth-order valence-electron chi connectivity index (χ4n) is 3.67. The molecule has 0 fully saturated rings. The summed E-state index contributed by atoms with van der Waals surface area (Å²) < 4.78 is 13.9. The molecule has 0 amide bonds. The predicted octanol–water partition coefficient (Wildman–Crippen LogP) is 4.58. The van der Waals surface area contributed by atoms with Gasteiger partial charge in [0.2, 0.25) is 5.16 Å². The van der Waals surface area contributed by atoms with Crippen LogP contribution in [0.25, 0.3) is 11.4 Å². The maximum Gasteiger partial charge on any atom is 0.209 e. The molecule has 4 rings (SSSR count). The molecule has 29 heavy (non-hydrogen) atoms. The van der Waals surface area contributed by atoms with Crippen molar-refractivity contribution in [3.63, 3.8) is 0 Å². The molecule has 7 heteroatoms. The molecule has 0 saturated heterocycles. The zero-order valence-electron chi connectivity index (χ0n) is 16.4. The summed E-state index contributed by atoms with van der Waals surface area (Å²) in [7, 11) is 1.98. The highest BCUT2D eigenvalue weighted by molar-refractivity contribution is 7.99. The first-order valence-electron chi connectivity index (χ1n) is 9.26. The number of H-pyrrole nitrogens is 1. The Morgan fingerprint density at radius 2 is 1.93 bits per heavy atom. The number of carbonyl (C=O) groups is 1. The second-order valence-electron chi connectivity index (χ2n) is 7.43. The number of likely N-dealkylation sites (N-methyl/N-ethyl adjacent to an activating group) is 1. The van der Waals surface area contributed by atoms with Gasteiger partial charge in [-0.05, 0) is 23.8 Å². The average molecular weight is 409 g/mol. The van der Waals surface area contributed by atoms with E-state index in [1.807, 2.05) is 19.2 Å². The molecule has 2 heterocycles. The fraction of sp³-hybridized carbons (Fsp3) is 0.227. The summed E-state index contributed by atoms with van der Waals surface area (Å²) in [5.41, 5.74) is 3.40. The van der Waals surface area contributed by atoms with E-state index in [2.05, 4.69) is 46.1 Å². The fourth-order valence-corrected chi connectivity index (χ4v) is 4.29. The van der Waals surface area contributed by atoms with E-state index in [9.17, 15) is 9.18 Å². The first-order valence-corrected chi connectivity index (χ1v) is 10.2. The van der Waals surface area contributed by atoms with Gasteiger partial charge in [-0.1, -0.05) is 55.9 Å². The zero-order chi connectivity index (χ0) is 20.6. The minimum Gasteiger partial charge on any atom is -0.347 e. The van der Waals surface area contributed by atoms with Gasteiger partial charge in [-0.15, -0.1) is 5.10 Å². The van der Waals surface area contributed by atoms with Crippen molar-refractivity contribution in [1.29, 1.82) is 0 Å². The van der Waals surface area contributed by atoms with E-state index in [0.717, 1.165) is 11.4 Å². The summed E-state index contributed by atoms with van der Waals surface area (Å²) in [4.78, 5) is 19.0. The smallest absolute Gasteiger partial charge is 0.209 e. The van der Waals surface area contributed by atoms with Crippen LogP contribution in [0.4, 0.5) is 10.1 Å². The number of halogens is 1. The van der Waals surface area contributed by atoms with Crippen molar-refractivity contribution < 1.29 is 9.18 Å². The van der Waals surface area contributed by atoms with E-state index < -0.39 is 0 Å². The number of fused-ring (bicyclic) bond motifs is 1. The molecule has 1 N–H and O–H groups in total. The number of hydrogen-bond acceptors (Lipinski definition) is 5. The summed E-state index contributed by atoms with van der Waals surface area (Å²) in [6.45, 7) is 4.25. The third-order valence-electron chi connectivity index (χ3n) is 5.18. The van der Waals surface area contributed by atoms with Crippen LogP contribution in [0.15, 0.2) is 65.5 Å².